The summed E-state index contributed by atoms with van der Waals surface area (Å²) in [6.45, 7) is 3.59. The number of aromatic nitrogens is 1. The number of likely N-dealkylation sites (tertiary alicyclic amines) is 1. The number of nitrogens with zero attached hydrogens (tertiary/aromatic N) is 4. The summed E-state index contributed by atoms with van der Waals surface area (Å²) < 4.78 is 53.0. The van der Waals surface area contributed by atoms with Gasteiger partial charge < -0.3 is 4.90 Å². The molecule has 0 bridgehead atoms. The molecule has 3 aromatic rings. The van der Waals surface area contributed by atoms with Crippen LogP contribution in [0.4, 0.5) is 28.4 Å². The first kappa shape index (κ1) is 24.6. The minimum absolute atomic E-state index is 0.0826. The number of fused-ring (bicyclic) bond motifs is 1. The summed E-state index contributed by atoms with van der Waals surface area (Å²) >= 11 is 0.876. The van der Waals surface area contributed by atoms with Gasteiger partial charge in [0.25, 0.3) is 11.2 Å². The van der Waals surface area contributed by atoms with Crippen LogP contribution in [0.25, 0.3) is 10.1 Å². The molecule has 0 radical (unpaired) electrons. The SMILES string of the molecule is O=c1nc(N2CCC3(CCN(Cc4cccc(F)c4)C3)CC2)sc2c([N+](=O)[O-])cc(C(F)(F)F)cc12. The average Bonchev–Trinajstić information content (AvgIpc) is 3.19. The minimum atomic E-state index is -4.82. The van der Waals surface area contributed by atoms with E-state index in [0.29, 0.717) is 31.8 Å². The maximum atomic E-state index is 13.5. The molecule has 5 rings (SSSR count). The zero-order chi connectivity index (χ0) is 25.7. The van der Waals surface area contributed by atoms with Crippen molar-refractivity contribution in [2.24, 2.45) is 5.41 Å². The molecule has 2 aromatic carbocycles. The Balaban J connectivity index is 1.34. The van der Waals surface area contributed by atoms with E-state index >= 15 is 0 Å². The van der Waals surface area contributed by atoms with Gasteiger partial charge in [-0.3, -0.25) is 19.8 Å². The second-order valence-electron chi connectivity index (χ2n) is 9.51. The summed E-state index contributed by atoms with van der Waals surface area (Å²) in [5.41, 5.74) is -1.90. The molecule has 36 heavy (non-hydrogen) atoms. The predicted octanol–water partition coefficient (Wildman–Crippen LogP) is 5.22. The van der Waals surface area contributed by atoms with Gasteiger partial charge in [0.05, 0.1) is 15.9 Å². The van der Waals surface area contributed by atoms with Crippen molar-refractivity contribution in [2.75, 3.05) is 31.1 Å². The first-order chi connectivity index (χ1) is 17.0. The molecule has 190 valence electrons. The van der Waals surface area contributed by atoms with Crippen molar-refractivity contribution in [3.8, 4) is 0 Å². The zero-order valence-corrected chi connectivity index (χ0v) is 19.9. The summed E-state index contributed by atoms with van der Waals surface area (Å²) in [6, 6.07) is 7.67. The molecule has 7 nitrogen and oxygen atoms in total. The number of nitro groups is 1. The fourth-order valence-electron chi connectivity index (χ4n) is 5.21. The Morgan fingerprint density at radius 1 is 1.11 bits per heavy atom. The minimum Gasteiger partial charge on any atom is -0.348 e. The molecule has 3 heterocycles. The molecular weight excluding hydrogens is 500 g/mol. The molecule has 0 N–H and O–H groups in total. The Bertz CT molecular complexity index is 1390. The third-order valence-electron chi connectivity index (χ3n) is 7.12. The van der Waals surface area contributed by atoms with Crippen molar-refractivity contribution in [2.45, 2.75) is 32.0 Å². The number of piperidine rings is 1. The number of hydrogen-bond donors (Lipinski definition) is 0. The highest BCUT2D eigenvalue weighted by Gasteiger charge is 2.41. The van der Waals surface area contributed by atoms with Crippen molar-refractivity contribution in [3.63, 3.8) is 0 Å². The lowest BCUT2D eigenvalue weighted by atomic mass is 9.78. The van der Waals surface area contributed by atoms with Gasteiger partial charge in [-0.05, 0) is 55.0 Å². The monoisotopic (exact) mass is 522 g/mol. The lowest BCUT2D eigenvalue weighted by molar-refractivity contribution is -0.383. The van der Waals surface area contributed by atoms with Gasteiger partial charge in [0.1, 0.15) is 10.5 Å². The lowest BCUT2D eigenvalue weighted by Gasteiger charge is -2.39. The Morgan fingerprint density at radius 2 is 1.83 bits per heavy atom. The van der Waals surface area contributed by atoms with E-state index in [1.807, 2.05) is 11.0 Å². The van der Waals surface area contributed by atoms with Gasteiger partial charge in [-0.25, -0.2) is 4.39 Å². The highest BCUT2D eigenvalue weighted by atomic mass is 32.1. The van der Waals surface area contributed by atoms with Crippen LogP contribution < -0.4 is 10.5 Å². The summed E-state index contributed by atoms with van der Waals surface area (Å²) in [6.07, 6.45) is -2.19. The van der Waals surface area contributed by atoms with Gasteiger partial charge in [0, 0.05) is 32.2 Å². The molecule has 2 aliphatic heterocycles. The summed E-state index contributed by atoms with van der Waals surface area (Å²) in [5.74, 6) is -0.258. The first-order valence-electron chi connectivity index (χ1n) is 11.5. The third-order valence-corrected chi connectivity index (χ3v) is 8.29. The quantitative estimate of drug-likeness (QED) is 0.266. The number of anilines is 1. The van der Waals surface area contributed by atoms with Gasteiger partial charge in [0.2, 0.25) is 0 Å². The van der Waals surface area contributed by atoms with E-state index in [0.717, 1.165) is 49.3 Å². The molecule has 2 fully saturated rings. The van der Waals surface area contributed by atoms with Gasteiger partial charge >= 0.3 is 6.18 Å². The number of alkyl halides is 3. The highest BCUT2D eigenvalue weighted by Crippen LogP contribution is 2.43. The average molecular weight is 523 g/mol. The zero-order valence-electron chi connectivity index (χ0n) is 19.1. The van der Waals surface area contributed by atoms with Gasteiger partial charge in [-0.2, -0.15) is 18.2 Å². The first-order valence-corrected chi connectivity index (χ1v) is 12.3. The molecule has 2 saturated heterocycles. The number of benzene rings is 2. The van der Waals surface area contributed by atoms with E-state index < -0.39 is 33.3 Å². The van der Waals surface area contributed by atoms with E-state index in [2.05, 4.69) is 9.88 Å². The van der Waals surface area contributed by atoms with Crippen molar-refractivity contribution < 1.29 is 22.5 Å². The second-order valence-corrected chi connectivity index (χ2v) is 10.5. The summed E-state index contributed by atoms with van der Waals surface area (Å²) in [4.78, 5) is 31.4. The second kappa shape index (κ2) is 9.07. The van der Waals surface area contributed by atoms with Crippen LogP contribution in [0.1, 0.15) is 30.4 Å². The molecule has 0 saturated carbocycles. The van der Waals surface area contributed by atoms with Crippen LogP contribution in [-0.4, -0.2) is 41.0 Å². The fourth-order valence-corrected chi connectivity index (χ4v) is 6.33. The van der Waals surface area contributed by atoms with Crippen molar-refractivity contribution in [3.05, 3.63) is 73.8 Å². The molecule has 0 amide bonds. The van der Waals surface area contributed by atoms with Crippen LogP contribution in [0, 0.1) is 21.3 Å². The number of hydrogen-bond acceptors (Lipinski definition) is 7. The Morgan fingerprint density at radius 3 is 2.50 bits per heavy atom. The van der Waals surface area contributed by atoms with Crippen LogP contribution in [0.2, 0.25) is 0 Å². The number of rotatable bonds is 4. The number of non-ortho nitro benzene ring substituents is 1. The van der Waals surface area contributed by atoms with Crippen LogP contribution in [-0.2, 0) is 12.7 Å². The van der Waals surface area contributed by atoms with E-state index in [-0.39, 0.29) is 21.1 Å². The smallest absolute Gasteiger partial charge is 0.348 e. The normalized spacial score (nSPS) is 18.3. The maximum Gasteiger partial charge on any atom is 0.416 e. The topological polar surface area (TPSA) is 79.6 Å². The molecule has 1 aromatic heterocycles. The van der Waals surface area contributed by atoms with Crippen molar-refractivity contribution in [1.82, 2.24) is 9.88 Å². The highest BCUT2D eigenvalue weighted by molar-refractivity contribution is 7.22. The molecule has 0 unspecified atom stereocenters. The van der Waals surface area contributed by atoms with Crippen molar-refractivity contribution in [1.29, 1.82) is 0 Å². The van der Waals surface area contributed by atoms with Crippen LogP contribution in [0.5, 0.6) is 0 Å². The molecule has 0 atom stereocenters. The van der Waals surface area contributed by atoms with E-state index in [1.54, 1.807) is 6.07 Å². The largest absolute Gasteiger partial charge is 0.416 e. The Labute approximate surface area is 207 Å². The number of halogens is 4. The summed E-state index contributed by atoms with van der Waals surface area (Å²) in [7, 11) is 0. The molecule has 12 heteroatoms. The number of nitro benzene ring substituents is 1. The van der Waals surface area contributed by atoms with Crippen LogP contribution in [0.15, 0.2) is 41.2 Å². The van der Waals surface area contributed by atoms with Crippen LogP contribution >= 0.6 is 11.3 Å². The van der Waals surface area contributed by atoms with E-state index in [1.165, 1.54) is 12.1 Å². The Hall–Kier alpha value is -3.12. The van der Waals surface area contributed by atoms with E-state index in [9.17, 15) is 32.5 Å². The molecular formula is C24H22F4N4O3S. The molecule has 1 spiro atoms. The molecule has 0 aliphatic carbocycles. The van der Waals surface area contributed by atoms with Gasteiger partial charge in [0.15, 0.2) is 5.13 Å². The maximum absolute atomic E-state index is 13.5. The van der Waals surface area contributed by atoms with E-state index in [4.69, 9.17) is 0 Å². The van der Waals surface area contributed by atoms with Crippen molar-refractivity contribution >= 4 is 32.2 Å². The lowest BCUT2D eigenvalue weighted by Crippen LogP contribution is -2.42. The Kier molecular flexibility index (Phi) is 6.19. The fraction of sp³-hybridized carbons (Fsp3) is 0.417. The standard InChI is InChI=1S/C24H22F4N4O3S/c25-17-3-1-2-15(10-17)13-30-7-4-23(14-30)5-8-31(9-6-23)22-29-21(33)18-11-16(24(26,27)28)12-19(32(34)35)20(18)36-22/h1-3,10-12H,4-9,13-14H2. The predicted molar refractivity (Wildman–Crippen MR) is 128 cm³/mol. The third kappa shape index (κ3) is 4.79. The van der Waals surface area contributed by atoms with Gasteiger partial charge in [-0.15, -0.1) is 0 Å². The van der Waals surface area contributed by atoms with Crippen LogP contribution in [0.3, 0.4) is 0 Å². The summed E-state index contributed by atoms with van der Waals surface area (Å²) in [5, 5.41) is 11.4. The van der Waals surface area contributed by atoms with Gasteiger partial charge in [-0.1, -0.05) is 23.5 Å². The molecule has 2 aliphatic rings.